The van der Waals surface area contributed by atoms with E-state index in [1.165, 1.54) is 50.9 Å². The first kappa shape index (κ1) is 14.9. The third-order valence-electron chi connectivity index (χ3n) is 4.52. The second kappa shape index (κ2) is 7.28. The molecule has 1 atom stereocenters. The average molecular weight is 288 g/mol. The molecule has 116 valence electrons. The molecule has 3 heteroatoms. The highest BCUT2D eigenvalue weighted by Gasteiger charge is 2.26. The molecule has 0 aromatic heterocycles. The Morgan fingerprint density at radius 2 is 2.14 bits per heavy atom. The summed E-state index contributed by atoms with van der Waals surface area (Å²) >= 11 is 0. The number of ether oxygens (including phenoxy) is 1. The minimum Gasteiger partial charge on any atom is -0.492 e. The van der Waals surface area contributed by atoms with E-state index < -0.39 is 0 Å². The summed E-state index contributed by atoms with van der Waals surface area (Å²) in [7, 11) is 0. The van der Waals surface area contributed by atoms with Crippen LogP contribution in [-0.4, -0.2) is 43.7 Å². The normalized spacial score (nSPS) is 21.9. The van der Waals surface area contributed by atoms with E-state index in [9.17, 15) is 0 Å². The monoisotopic (exact) mass is 288 g/mol. The summed E-state index contributed by atoms with van der Waals surface area (Å²) in [5.41, 5.74) is 1.26. The van der Waals surface area contributed by atoms with Crippen LogP contribution >= 0.6 is 0 Å². The van der Waals surface area contributed by atoms with Gasteiger partial charge in [0.05, 0.1) is 0 Å². The van der Waals surface area contributed by atoms with Crippen molar-refractivity contribution < 1.29 is 4.74 Å². The van der Waals surface area contributed by atoms with Gasteiger partial charge in [0.15, 0.2) is 0 Å². The van der Waals surface area contributed by atoms with E-state index in [0.717, 1.165) is 24.8 Å². The molecule has 0 radical (unpaired) electrons. The molecular formula is C18H28N2O. The second-order valence-electron chi connectivity index (χ2n) is 6.66. The van der Waals surface area contributed by atoms with E-state index in [1.54, 1.807) is 0 Å². The zero-order valence-electron chi connectivity index (χ0n) is 13.2. The van der Waals surface area contributed by atoms with Crippen molar-refractivity contribution in [2.45, 2.75) is 38.6 Å². The number of nitrogens with zero attached hydrogens (tertiary/aromatic N) is 1. The topological polar surface area (TPSA) is 24.5 Å². The van der Waals surface area contributed by atoms with Crippen LogP contribution in [0.15, 0.2) is 24.3 Å². The molecule has 0 amide bonds. The van der Waals surface area contributed by atoms with Crippen LogP contribution in [0.3, 0.4) is 0 Å². The lowest BCUT2D eigenvalue weighted by Crippen LogP contribution is -2.40. The summed E-state index contributed by atoms with van der Waals surface area (Å²) in [6.45, 7) is 7.59. The molecular weight excluding hydrogens is 260 g/mol. The average Bonchev–Trinajstić information content (AvgIpc) is 3.12. The van der Waals surface area contributed by atoms with Gasteiger partial charge in [0.2, 0.25) is 0 Å². The van der Waals surface area contributed by atoms with E-state index in [2.05, 4.69) is 41.4 Å². The Labute approximate surface area is 128 Å². The Morgan fingerprint density at radius 3 is 2.86 bits per heavy atom. The third kappa shape index (κ3) is 5.01. The van der Waals surface area contributed by atoms with Crippen LogP contribution in [0, 0.1) is 12.8 Å². The molecule has 1 aromatic carbocycles. The van der Waals surface area contributed by atoms with Crippen molar-refractivity contribution in [2.75, 3.05) is 32.8 Å². The highest BCUT2D eigenvalue weighted by molar-refractivity contribution is 5.27. The first-order valence-corrected chi connectivity index (χ1v) is 8.45. The third-order valence-corrected chi connectivity index (χ3v) is 4.52. The summed E-state index contributed by atoms with van der Waals surface area (Å²) in [4.78, 5) is 2.61. The molecule has 1 unspecified atom stereocenters. The van der Waals surface area contributed by atoms with Crippen molar-refractivity contribution >= 4 is 0 Å². The van der Waals surface area contributed by atoms with Crippen LogP contribution in [0.1, 0.15) is 31.2 Å². The second-order valence-corrected chi connectivity index (χ2v) is 6.66. The molecule has 1 aromatic rings. The summed E-state index contributed by atoms with van der Waals surface area (Å²) < 4.78 is 5.92. The molecule has 3 rings (SSSR count). The molecule has 0 spiro atoms. The Morgan fingerprint density at radius 1 is 1.24 bits per heavy atom. The van der Waals surface area contributed by atoms with Gasteiger partial charge >= 0.3 is 0 Å². The van der Waals surface area contributed by atoms with Gasteiger partial charge in [-0.15, -0.1) is 0 Å². The number of rotatable bonds is 8. The smallest absolute Gasteiger partial charge is 0.119 e. The lowest BCUT2D eigenvalue weighted by Gasteiger charge is -2.25. The molecule has 1 heterocycles. The summed E-state index contributed by atoms with van der Waals surface area (Å²) in [5.74, 6) is 1.95. The van der Waals surface area contributed by atoms with Gasteiger partial charge in [0.25, 0.3) is 0 Å². The maximum atomic E-state index is 5.92. The van der Waals surface area contributed by atoms with E-state index in [1.807, 2.05) is 0 Å². The molecule has 1 aliphatic carbocycles. The van der Waals surface area contributed by atoms with Crippen LogP contribution in [0.2, 0.25) is 0 Å². The number of hydrogen-bond acceptors (Lipinski definition) is 3. The van der Waals surface area contributed by atoms with Gasteiger partial charge in [-0.3, -0.25) is 4.90 Å². The van der Waals surface area contributed by atoms with Crippen LogP contribution in [-0.2, 0) is 0 Å². The van der Waals surface area contributed by atoms with E-state index in [-0.39, 0.29) is 0 Å². The van der Waals surface area contributed by atoms with E-state index >= 15 is 0 Å². The van der Waals surface area contributed by atoms with Crippen LogP contribution in [0.25, 0.3) is 0 Å². The van der Waals surface area contributed by atoms with Gasteiger partial charge in [-0.05, 0) is 62.8 Å². The molecule has 1 aliphatic heterocycles. The minimum atomic E-state index is 0.697. The Balaban J connectivity index is 1.44. The van der Waals surface area contributed by atoms with E-state index in [4.69, 9.17) is 4.74 Å². The van der Waals surface area contributed by atoms with Crippen molar-refractivity contribution in [1.82, 2.24) is 10.2 Å². The predicted molar refractivity (Wildman–Crippen MR) is 86.9 cm³/mol. The van der Waals surface area contributed by atoms with Crippen molar-refractivity contribution in [3.05, 3.63) is 29.8 Å². The largest absolute Gasteiger partial charge is 0.492 e. The maximum Gasteiger partial charge on any atom is 0.119 e. The number of benzene rings is 1. The summed E-state index contributed by atoms with van der Waals surface area (Å²) in [5, 5.41) is 3.61. The maximum absolute atomic E-state index is 5.92. The van der Waals surface area contributed by atoms with Crippen molar-refractivity contribution in [3.63, 3.8) is 0 Å². The molecule has 2 aliphatic rings. The van der Waals surface area contributed by atoms with Gasteiger partial charge in [-0.1, -0.05) is 12.1 Å². The van der Waals surface area contributed by atoms with Gasteiger partial charge in [-0.2, -0.15) is 0 Å². The van der Waals surface area contributed by atoms with Crippen LogP contribution in [0.5, 0.6) is 5.75 Å². The first-order valence-electron chi connectivity index (χ1n) is 8.45. The van der Waals surface area contributed by atoms with Crippen LogP contribution < -0.4 is 10.1 Å². The quantitative estimate of drug-likeness (QED) is 0.796. The molecule has 3 nitrogen and oxygen atoms in total. The fourth-order valence-electron chi connectivity index (χ4n) is 3.14. The lowest BCUT2D eigenvalue weighted by atomic mass is 10.2. The standard InChI is InChI=1S/C18H28N2O/c1-15-4-2-6-18(12-15)21-11-10-20(13-16-7-8-16)14-17-5-3-9-19-17/h2,4,6,12,16-17,19H,3,5,7-11,13-14H2,1H3. The summed E-state index contributed by atoms with van der Waals surface area (Å²) in [6, 6.07) is 9.04. The van der Waals surface area contributed by atoms with Gasteiger partial charge in [0.1, 0.15) is 12.4 Å². The Hall–Kier alpha value is -1.06. The number of hydrogen-bond donors (Lipinski definition) is 1. The van der Waals surface area contributed by atoms with E-state index in [0.29, 0.717) is 6.04 Å². The Kier molecular flexibility index (Phi) is 5.15. The molecule has 0 bridgehead atoms. The van der Waals surface area contributed by atoms with Crippen molar-refractivity contribution in [3.8, 4) is 5.75 Å². The van der Waals surface area contributed by atoms with Gasteiger partial charge < -0.3 is 10.1 Å². The first-order chi connectivity index (χ1) is 10.3. The Bertz CT molecular complexity index is 439. The van der Waals surface area contributed by atoms with Crippen molar-refractivity contribution in [2.24, 2.45) is 5.92 Å². The van der Waals surface area contributed by atoms with Crippen molar-refractivity contribution in [1.29, 1.82) is 0 Å². The molecule has 21 heavy (non-hydrogen) atoms. The highest BCUT2D eigenvalue weighted by atomic mass is 16.5. The molecule has 1 N–H and O–H groups in total. The molecule has 2 fully saturated rings. The fourth-order valence-corrected chi connectivity index (χ4v) is 3.14. The zero-order chi connectivity index (χ0) is 14.5. The molecule has 1 saturated carbocycles. The highest BCUT2D eigenvalue weighted by Crippen LogP contribution is 2.29. The molecule has 1 saturated heterocycles. The SMILES string of the molecule is Cc1cccc(OCCN(CC2CC2)CC2CCCN2)c1. The van der Waals surface area contributed by atoms with Crippen LogP contribution in [0.4, 0.5) is 0 Å². The van der Waals surface area contributed by atoms with Gasteiger partial charge in [-0.25, -0.2) is 0 Å². The minimum absolute atomic E-state index is 0.697. The van der Waals surface area contributed by atoms with Gasteiger partial charge in [0, 0.05) is 25.7 Å². The number of aryl methyl sites for hydroxylation is 1. The number of nitrogens with one attached hydrogen (secondary N) is 1. The predicted octanol–water partition coefficient (Wildman–Crippen LogP) is 2.84. The zero-order valence-corrected chi connectivity index (χ0v) is 13.2. The lowest BCUT2D eigenvalue weighted by molar-refractivity contribution is 0.190. The summed E-state index contributed by atoms with van der Waals surface area (Å²) in [6.07, 6.45) is 5.52. The fraction of sp³-hybridized carbons (Fsp3) is 0.667.